The molecule has 0 saturated carbocycles. The predicted octanol–water partition coefficient (Wildman–Crippen LogP) is 5.45. The molecule has 3 fully saturated rings. The number of carbonyl (C=O) groups is 1. The average molecular weight is 636 g/mol. The van der Waals surface area contributed by atoms with Crippen LogP contribution in [0.1, 0.15) is 47.5 Å². The van der Waals surface area contributed by atoms with Gasteiger partial charge in [0, 0.05) is 78.8 Å². The van der Waals surface area contributed by atoms with Gasteiger partial charge in [0.1, 0.15) is 5.82 Å². The lowest BCUT2D eigenvalue weighted by molar-refractivity contribution is -0.0262. The number of nitrogens with zero attached hydrogens (tertiary/aromatic N) is 4. The second-order valence-electron chi connectivity index (χ2n) is 11.0. The zero-order valence-corrected chi connectivity index (χ0v) is 24.8. The number of likely N-dealkylation sites (tertiary alicyclic amines) is 1. The molecule has 0 bridgehead atoms. The van der Waals surface area contributed by atoms with Crippen molar-refractivity contribution in [2.24, 2.45) is 0 Å². The van der Waals surface area contributed by atoms with Crippen LogP contribution in [0.3, 0.4) is 0 Å². The van der Waals surface area contributed by atoms with Gasteiger partial charge in [-0.3, -0.25) is 14.6 Å². The highest BCUT2D eigenvalue weighted by atomic mass is 79.9. The second-order valence-corrected chi connectivity index (χ2v) is 12.8. The maximum absolute atomic E-state index is 13.6. The molecule has 0 spiro atoms. The van der Waals surface area contributed by atoms with Crippen molar-refractivity contribution in [1.82, 2.24) is 19.6 Å². The lowest BCUT2D eigenvalue weighted by Crippen LogP contribution is -2.65. The molecule has 1 amide bonds. The summed E-state index contributed by atoms with van der Waals surface area (Å²) >= 11 is 6.97. The number of hydrogen-bond acceptors (Lipinski definition) is 4. The molecule has 1 unspecified atom stereocenters. The van der Waals surface area contributed by atoms with Crippen LogP contribution >= 0.6 is 31.9 Å². The van der Waals surface area contributed by atoms with Crippen molar-refractivity contribution in [2.75, 3.05) is 59.4 Å². The largest absolute Gasteiger partial charge is 0.341 e. The Morgan fingerprint density at radius 2 is 1.68 bits per heavy atom. The standard InChI is InChI=1S/C29H37Br2FN4O/c1-33(29(37)23-14-24(30)16-25(31)15-23)17-22(21-5-7-26(32)8-6-21)9-11-34-18-28(19-34)36-13-12-35-10-3-2-4-27(35)20-36/h5-8,14-16,22,27-28H,2-4,9-13,17-20H2,1H3/t22-,27?/m1/s1. The van der Waals surface area contributed by atoms with Crippen LogP contribution in [-0.2, 0) is 0 Å². The molecule has 3 saturated heterocycles. The number of hydrogen-bond donors (Lipinski definition) is 0. The Labute approximate surface area is 237 Å². The number of carbonyl (C=O) groups excluding carboxylic acids is 1. The van der Waals surface area contributed by atoms with Gasteiger partial charge in [0.15, 0.2) is 0 Å². The molecule has 0 radical (unpaired) electrons. The first-order valence-corrected chi connectivity index (χ1v) is 15.1. The molecule has 2 aromatic carbocycles. The van der Waals surface area contributed by atoms with Crippen LogP contribution in [0, 0.1) is 5.82 Å². The lowest BCUT2D eigenvalue weighted by atomic mass is 9.93. The molecule has 3 heterocycles. The van der Waals surface area contributed by atoms with Gasteiger partial charge >= 0.3 is 0 Å². The maximum atomic E-state index is 13.6. The van der Waals surface area contributed by atoms with Crippen molar-refractivity contribution < 1.29 is 9.18 Å². The minimum absolute atomic E-state index is 0.0139. The smallest absolute Gasteiger partial charge is 0.253 e. The summed E-state index contributed by atoms with van der Waals surface area (Å²) in [6.07, 6.45) is 5.04. The van der Waals surface area contributed by atoms with Gasteiger partial charge < -0.3 is 9.80 Å². The van der Waals surface area contributed by atoms with E-state index in [4.69, 9.17) is 0 Å². The van der Waals surface area contributed by atoms with Crippen molar-refractivity contribution >= 4 is 37.8 Å². The average Bonchev–Trinajstić information content (AvgIpc) is 2.86. The summed E-state index contributed by atoms with van der Waals surface area (Å²) in [5.41, 5.74) is 1.73. The molecule has 2 atom stereocenters. The first-order chi connectivity index (χ1) is 17.9. The van der Waals surface area contributed by atoms with Crippen molar-refractivity contribution in [2.45, 2.75) is 43.7 Å². The highest BCUT2D eigenvalue weighted by molar-refractivity contribution is 9.11. The van der Waals surface area contributed by atoms with Crippen molar-refractivity contribution in [1.29, 1.82) is 0 Å². The molecule has 5 nitrogen and oxygen atoms in total. The maximum Gasteiger partial charge on any atom is 0.253 e. The van der Waals surface area contributed by atoms with E-state index in [1.165, 1.54) is 57.6 Å². The quantitative estimate of drug-likeness (QED) is 0.386. The van der Waals surface area contributed by atoms with Crippen LogP contribution in [0.15, 0.2) is 51.4 Å². The number of amides is 1. The number of benzene rings is 2. The monoisotopic (exact) mass is 634 g/mol. The van der Waals surface area contributed by atoms with Crippen LogP contribution in [0.2, 0.25) is 0 Å². The van der Waals surface area contributed by atoms with Crippen LogP contribution in [0.4, 0.5) is 4.39 Å². The fourth-order valence-electron chi connectivity index (χ4n) is 6.22. The van der Waals surface area contributed by atoms with Gasteiger partial charge in [0.05, 0.1) is 0 Å². The lowest BCUT2D eigenvalue weighted by Gasteiger charge is -2.51. The van der Waals surface area contributed by atoms with E-state index in [0.29, 0.717) is 18.2 Å². The van der Waals surface area contributed by atoms with Gasteiger partial charge in [-0.15, -0.1) is 0 Å². The number of piperazine rings is 1. The number of halogens is 3. The van der Waals surface area contributed by atoms with Crippen molar-refractivity contribution in [3.8, 4) is 0 Å². The Morgan fingerprint density at radius 1 is 0.973 bits per heavy atom. The molecule has 0 N–H and O–H groups in total. The van der Waals surface area contributed by atoms with Crippen molar-refractivity contribution in [3.63, 3.8) is 0 Å². The molecule has 0 aliphatic carbocycles. The van der Waals surface area contributed by atoms with Gasteiger partial charge in [-0.2, -0.15) is 0 Å². The fourth-order valence-corrected chi connectivity index (χ4v) is 7.51. The molecule has 0 aromatic heterocycles. The number of likely N-dealkylation sites (N-methyl/N-ethyl adjacent to an activating group) is 1. The molecule has 5 rings (SSSR count). The third kappa shape index (κ3) is 6.82. The number of piperidine rings is 1. The summed E-state index contributed by atoms with van der Waals surface area (Å²) in [6, 6.07) is 13.9. The van der Waals surface area contributed by atoms with E-state index < -0.39 is 0 Å². The van der Waals surface area contributed by atoms with Gasteiger partial charge in [-0.05, 0) is 68.2 Å². The Morgan fingerprint density at radius 3 is 2.41 bits per heavy atom. The molecule has 2 aromatic rings. The minimum Gasteiger partial charge on any atom is -0.341 e. The summed E-state index contributed by atoms with van der Waals surface area (Å²) in [5, 5.41) is 0. The topological polar surface area (TPSA) is 30.0 Å². The minimum atomic E-state index is -0.227. The normalized spacial score (nSPS) is 22.3. The molecular formula is C29H37Br2FN4O. The third-order valence-corrected chi connectivity index (χ3v) is 9.32. The van der Waals surface area contributed by atoms with Crippen LogP contribution < -0.4 is 0 Å². The van der Waals surface area contributed by atoms with E-state index in [2.05, 4.69) is 46.6 Å². The van der Waals surface area contributed by atoms with Crippen LogP contribution in [0.5, 0.6) is 0 Å². The van der Waals surface area contributed by atoms with E-state index in [1.54, 1.807) is 4.90 Å². The molecule has 3 aliphatic rings. The predicted molar refractivity (Wildman–Crippen MR) is 154 cm³/mol. The highest BCUT2D eigenvalue weighted by Gasteiger charge is 2.37. The Hall–Kier alpha value is -1.32. The summed E-state index contributed by atoms with van der Waals surface area (Å²) < 4.78 is 15.4. The molecule has 37 heavy (non-hydrogen) atoms. The molecule has 3 aliphatic heterocycles. The van der Waals surface area contributed by atoms with Gasteiger partial charge in [0.2, 0.25) is 0 Å². The van der Waals surface area contributed by atoms with E-state index in [-0.39, 0.29) is 17.6 Å². The van der Waals surface area contributed by atoms with E-state index in [0.717, 1.165) is 46.6 Å². The van der Waals surface area contributed by atoms with Gasteiger partial charge in [-0.1, -0.05) is 50.4 Å². The van der Waals surface area contributed by atoms with Gasteiger partial charge in [0.25, 0.3) is 5.91 Å². The Bertz CT molecular complexity index is 1060. The Kier molecular flexibility index (Phi) is 9.02. The SMILES string of the molecule is CN(C[C@@H](CCN1CC(N2CCN3CCCCC3C2)C1)c1ccc(F)cc1)C(=O)c1cc(Br)cc(Br)c1. The van der Waals surface area contributed by atoms with Gasteiger partial charge in [-0.25, -0.2) is 4.39 Å². The summed E-state index contributed by atoms with van der Waals surface area (Å²) in [6.45, 7) is 8.79. The summed E-state index contributed by atoms with van der Waals surface area (Å²) in [5.74, 6) is -0.0930. The highest BCUT2D eigenvalue weighted by Crippen LogP contribution is 2.28. The first-order valence-electron chi connectivity index (χ1n) is 13.5. The first kappa shape index (κ1) is 27.3. The summed E-state index contributed by atoms with van der Waals surface area (Å²) in [4.78, 5) is 23.0. The van der Waals surface area contributed by atoms with Crippen molar-refractivity contribution in [3.05, 3.63) is 68.4 Å². The number of fused-ring (bicyclic) bond motifs is 1. The molecular weight excluding hydrogens is 599 g/mol. The zero-order valence-electron chi connectivity index (χ0n) is 21.6. The van der Waals surface area contributed by atoms with E-state index in [9.17, 15) is 9.18 Å². The molecule has 8 heteroatoms. The van der Waals surface area contributed by atoms with E-state index >= 15 is 0 Å². The second kappa shape index (κ2) is 12.2. The number of rotatable bonds is 8. The van der Waals surface area contributed by atoms with E-state index in [1.807, 2.05) is 37.4 Å². The summed E-state index contributed by atoms with van der Waals surface area (Å²) in [7, 11) is 1.86. The zero-order chi connectivity index (χ0) is 25.9. The Balaban J connectivity index is 1.17. The third-order valence-electron chi connectivity index (χ3n) is 8.41. The van der Waals surface area contributed by atoms with Crippen LogP contribution in [0.25, 0.3) is 0 Å². The fraction of sp³-hybridized carbons (Fsp3) is 0.552. The van der Waals surface area contributed by atoms with Crippen LogP contribution in [-0.4, -0.2) is 97.0 Å². The molecule has 200 valence electrons.